The maximum Gasteiger partial charge on any atom is 0.350 e. The molecule has 0 saturated heterocycles. The molecule has 1 atom stereocenters. The lowest BCUT2D eigenvalue weighted by Gasteiger charge is -2.23. The van der Waals surface area contributed by atoms with Gasteiger partial charge in [0.1, 0.15) is 10.5 Å². The lowest BCUT2D eigenvalue weighted by molar-refractivity contribution is 0.0605. The molecule has 40 heavy (non-hydrogen) atoms. The number of benzene rings is 2. The number of fused-ring (bicyclic) bond motifs is 2. The zero-order chi connectivity index (χ0) is 28.6. The van der Waals surface area contributed by atoms with Gasteiger partial charge in [-0.25, -0.2) is 9.78 Å². The highest BCUT2D eigenvalue weighted by molar-refractivity contribution is 7.17. The molecule has 2 aromatic heterocycles. The average molecular weight is 583 g/mol. The summed E-state index contributed by atoms with van der Waals surface area (Å²) in [5.74, 6) is -0.223. The number of aromatic nitrogens is 1. The van der Waals surface area contributed by atoms with Crippen LogP contribution < -0.4 is 19.8 Å². The molecule has 3 heterocycles. The molecule has 0 fully saturated rings. The van der Waals surface area contributed by atoms with Gasteiger partial charge >= 0.3 is 5.97 Å². The monoisotopic (exact) mass is 582 g/mol. The van der Waals surface area contributed by atoms with Crippen molar-refractivity contribution in [3.05, 3.63) is 79.1 Å². The van der Waals surface area contributed by atoms with E-state index in [0.29, 0.717) is 34.4 Å². The predicted octanol–water partition coefficient (Wildman–Crippen LogP) is 6.33. The Kier molecular flexibility index (Phi) is 7.82. The number of nitrogens with zero attached hydrogens (tertiary/aromatic N) is 2. The van der Waals surface area contributed by atoms with E-state index in [9.17, 15) is 14.4 Å². The summed E-state index contributed by atoms with van der Waals surface area (Å²) in [4.78, 5) is 46.2. The van der Waals surface area contributed by atoms with Gasteiger partial charge in [-0.1, -0.05) is 48.8 Å². The number of amides is 1. The van der Waals surface area contributed by atoms with Crippen molar-refractivity contribution in [3.63, 3.8) is 0 Å². The number of carbonyl (C=O) groups excluding carboxylic acids is 2. The number of ether oxygens (including phenoxy) is 3. The van der Waals surface area contributed by atoms with Crippen LogP contribution in [0.3, 0.4) is 0 Å². The van der Waals surface area contributed by atoms with E-state index in [2.05, 4.69) is 11.9 Å². The van der Waals surface area contributed by atoms with E-state index < -0.39 is 17.9 Å². The number of aryl methyl sites for hydroxylation is 1. The minimum Gasteiger partial charge on any atom is -0.493 e. The summed E-state index contributed by atoms with van der Waals surface area (Å²) in [5.41, 5.74) is 0.969. The Morgan fingerprint density at radius 3 is 2.65 bits per heavy atom. The van der Waals surface area contributed by atoms with Gasteiger partial charge in [0.15, 0.2) is 22.1 Å². The molecule has 5 rings (SSSR count). The van der Waals surface area contributed by atoms with Gasteiger partial charge in [-0.2, -0.15) is 0 Å². The number of esters is 1. The van der Waals surface area contributed by atoms with Crippen molar-refractivity contribution in [1.82, 2.24) is 4.98 Å². The van der Waals surface area contributed by atoms with Gasteiger partial charge in [-0.3, -0.25) is 14.5 Å². The molecule has 9 nitrogen and oxygen atoms in total. The highest BCUT2D eigenvalue weighted by Gasteiger charge is 2.45. The number of unbranched alkanes of at least 4 members (excludes halogenated alkanes) is 2. The Hall–Kier alpha value is -3.89. The largest absolute Gasteiger partial charge is 0.493 e. The van der Waals surface area contributed by atoms with Crippen LogP contribution in [0.1, 0.15) is 69.3 Å². The smallest absolute Gasteiger partial charge is 0.350 e. The normalized spacial score (nSPS) is 14.5. The lowest BCUT2D eigenvalue weighted by Crippen LogP contribution is -2.29. The van der Waals surface area contributed by atoms with Crippen LogP contribution in [0.5, 0.6) is 11.5 Å². The molecular formula is C29H27ClN2O7S. The van der Waals surface area contributed by atoms with Gasteiger partial charge in [0, 0.05) is 5.02 Å². The second kappa shape index (κ2) is 11.3. The first-order valence-electron chi connectivity index (χ1n) is 12.7. The van der Waals surface area contributed by atoms with Crippen molar-refractivity contribution in [2.75, 3.05) is 25.7 Å². The SMILES string of the molecule is CCCCCOc1ccc(C2c3c(oc4ccc(Cl)cc4c3=O)C(=O)N2c2nc(C)c(C(=O)OC)s2)cc1OC. The van der Waals surface area contributed by atoms with E-state index in [1.807, 2.05) is 0 Å². The number of halogens is 1. The molecule has 0 aliphatic carbocycles. The lowest BCUT2D eigenvalue weighted by atomic mass is 9.98. The maximum absolute atomic E-state index is 13.9. The van der Waals surface area contributed by atoms with Crippen molar-refractivity contribution in [1.29, 1.82) is 0 Å². The van der Waals surface area contributed by atoms with Crippen LogP contribution in [0.2, 0.25) is 5.02 Å². The number of methoxy groups -OCH3 is 2. The van der Waals surface area contributed by atoms with Crippen molar-refractivity contribution < 1.29 is 28.2 Å². The van der Waals surface area contributed by atoms with E-state index >= 15 is 0 Å². The van der Waals surface area contributed by atoms with Gasteiger partial charge in [0.25, 0.3) is 5.91 Å². The molecule has 1 aliphatic heterocycles. The molecule has 208 valence electrons. The van der Waals surface area contributed by atoms with Gasteiger partial charge in [-0.15, -0.1) is 0 Å². The Balaban J connectivity index is 1.69. The van der Waals surface area contributed by atoms with Gasteiger partial charge in [0.05, 0.1) is 43.5 Å². The van der Waals surface area contributed by atoms with Crippen LogP contribution in [0.25, 0.3) is 11.0 Å². The van der Waals surface area contributed by atoms with E-state index in [4.69, 9.17) is 30.2 Å². The Labute approximate surface area is 239 Å². The Morgan fingerprint density at radius 2 is 1.93 bits per heavy atom. The fourth-order valence-electron chi connectivity index (χ4n) is 4.73. The molecule has 0 saturated carbocycles. The number of hydrogen-bond acceptors (Lipinski definition) is 9. The summed E-state index contributed by atoms with van der Waals surface area (Å²) in [5, 5.41) is 0.834. The molecule has 2 aromatic carbocycles. The molecular weight excluding hydrogens is 556 g/mol. The number of hydrogen-bond donors (Lipinski definition) is 0. The number of anilines is 1. The molecule has 0 radical (unpaired) electrons. The molecule has 0 N–H and O–H groups in total. The summed E-state index contributed by atoms with van der Waals surface area (Å²) in [7, 11) is 2.80. The van der Waals surface area contributed by atoms with Crippen LogP contribution in [0.4, 0.5) is 5.13 Å². The second-order valence-corrected chi connectivity index (χ2v) is 10.7. The Morgan fingerprint density at radius 1 is 1.12 bits per heavy atom. The summed E-state index contributed by atoms with van der Waals surface area (Å²) >= 11 is 7.19. The maximum atomic E-state index is 13.9. The van der Waals surface area contributed by atoms with Gasteiger partial charge < -0.3 is 18.6 Å². The van der Waals surface area contributed by atoms with E-state index in [-0.39, 0.29) is 37.7 Å². The third-order valence-electron chi connectivity index (χ3n) is 6.70. The minimum absolute atomic E-state index is 0.101. The fraction of sp³-hybridized carbons (Fsp3) is 0.310. The second-order valence-electron chi connectivity index (χ2n) is 9.26. The summed E-state index contributed by atoms with van der Waals surface area (Å²) in [6, 6.07) is 9.02. The molecule has 1 unspecified atom stereocenters. The third kappa shape index (κ3) is 4.82. The van der Waals surface area contributed by atoms with E-state index in [0.717, 1.165) is 30.6 Å². The van der Waals surface area contributed by atoms with Crippen molar-refractivity contribution >= 4 is 50.9 Å². The van der Waals surface area contributed by atoms with Crippen LogP contribution in [0.15, 0.2) is 45.6 Å². The predicted molar refractivity (Wildman–Crippen MR) is 152 cm³/mol. The topological polar surface area (TPSA) is 108 Å². The van der Waals surface area contributed by atoms with Gasteiger partial charge in [0.2, 0.25) is 5.76 Å². The third-order valence-corrected chi connectivity index (χ3v) is 8.08. The molecule has 4 aromatic rings. The first-order chi connectivity index (χ1) is 19.3. The Bertz CT molecular complexity index is 1680. The quantitative estimate of drug-likeness (QED) is 0.166. The molecule has 1 amide bonds. The average Bonchev–Trinajstić information content (AvgIpc) is 3.48. The van der Waals surface area contributed by atoms with Crippen LogP contribution in [-0.2, 0) is 4.74 Å². The zero-order valence-corrected chi connectivity index (χ0v) is 24.0. The number of rotatable bonds is 9. The summed E-state index contributed by atoms with van der Waals surface area (Å²) < 4.78 is 22.4. The summed E-state index contributed by atoms with van der Waals surface area (Å²) in [6.45, 7) is 4.31. The van der Waals surface area contributed by atoms with Crippen LogP contribution in [-0.4, -0.2) is 37.7 Å². The minimum atomic E-state index is -0.916. The highest BCUT2D eigenvalue weighted by Crippen LogP contribution is 2.45. The first-order valence-corrected chi connectivity index (χ1v) is 13.9. The molecule has 0 bridgehead atoms. The van der Waals surface area contributed by atoms with Crippen molar-refractivity contribution in [2.45, 2.75) is 39.2 Å². The van der Waals surface area contributed by atoms with Crippen molar-refractivity contribution in [3.8, 4) is 11.5 Å². The number of thiazole rings is 1. The standard InChI is InChI=1S/C29H27ClN2O7S/c1-5-6-7-12-38-20-10-8-16(13-21(20)36-3)23-22-24(33)18-14-17(30)9-11-19(18)39-25(22)27(34)32(23)29-31-15(2)26(40-29)28(35)37-4/h8-11,13-14,23H,5-7,12H2,1-4H3. The molecule has 0 spiro atoms. The van der Waals surface area contributed by atoms with Gasteiger partial charge in [-0.05, 0) is 49.2 Å². The van der Waals surface area contributed by atoms with Crippen LogP contribution in [0, 0.1) is 6.92 Å². The van der Waals surface area contributed by atoms with Crippen LogP contribution >= 0.6 is 22.9 Å². The molecule has 1 aliphatic rings. The first kappa shape index (κ1) is 27.7. The fourth-order valence-corrected chi connectivity index (χ4v) is 5.92. The summed E-state index contributed by atoms with van der Waals surface area (Å²) in [6.07, 6.45) is 3.02. The number of carbonyl (C=O) groups is 2. The van der Waals surface area contributed by atoms with E-state index in [1.54, 1.807) is 37.3 Å². The molecule has 11 heteroatoms. The van der Waals surface area contributed by atoms with E-state index in [1.165, 1.54) is 25.2 Å². The van der Waals surface area contributed by atoms with Crippen molar-refractivity contribution in [2.24, 2.45) is 0 Å². The zero-order valence-electron chi connectivity index (χ0n) is 22.4. The highest BCUT2D eigenvalue weighted by atomic mass is 35.5.